The highest BCUT2D eigenvalue weighted by Gasteiger charge is 2.44. The summed E-state index contributed by atoms with van der Waals surface area (Å²) in [5.41, 5.74) is 2.84. The van der Waals surface area contributed by atoms with Crippen LogP contribution in [0.4, 0.5) is 0 Å². The van der Waals surface area contributed by atoms with E-state index in [2.05, 4.69) is 72.5 Å². The van der Waals surface area contributed by atoms with Crippen LogP contribution in [0.5, 0.6) is 0 Å². The van der Waals surface area contributed by atoms with Gasteiger partial charge in [-0.25, -0.2) is 0 Å². The summed E-state index contributed by atoms with van der Waals surface area (Å²) in [5.74, 6) is 0. The van der Waals surface area contributed by atoms with Gasteiger partial charge in [0.2, 0.25) is 0 Å². The van der Waals surface area contributed by atoms with E-state index in [0.29, 0.717) is 12.1 Å². The average molecular weight is 223 g/mol. The zero-order chi connectivity index (χ0) is 11.7. The molecule has 1 fully saturated rings. The second-order valence-corrected chi connectivity index (χ2v) is 4.75. The summed E-state index contributed by atoms with van der Waals surface area (Å²) in [4.78, 5) is 2.53. The molecule has 2 aromatic carbocycles. The normalized spacial score (nSPS) is 26.8. The van der Waals surface area contributed by atoms with Crippen molar-refractivity contribution in [2.75, 3.05) is 0 Å². The van der Waals surface area contributed by atoms with Gasteiger partial charge in [0.1, 0.15) is 0 Å². The fraction of sp³-hybridized carbons (Fsp3) is 0.250. The second-order valence-electron chi connectivity index (χ2n) is 4.75. The van der Waals surface area contributed by atoms with Crippen LogP contribution in [0.2, 0.25) is 0 Å². The fourth-order valence-corrected chi connectivity index (χ4v) is 2.57. The molecule has 0 bridgehead atoms. The van der Waals surface area contributed by atoms with Crippen LogP contribution in [-0.2, 0) is 6.54 Å². The van der Waals surface area contributed by atoms with Crippen LogP contribution in [0.25, 0.3) is 0 Å². The number of nitrogens with zero attached hydrogens (tertiary/aromatic N) is 1. The van der Waals surface area contributed by atoms with E-state index in [1.54, 1.807) is 0 Å². The Morgan fingerprint density at radius 3 is 2.12 bits per heavy atom. The summed E-state index contributed by atoms with van der Waals surface area (Å²) in [6.07, 6.45) is 0. The van der Waals surface area contributed by atoms with Gasteiger partial charge in [-0.1, -0.05) is 60.7 Å². The highest BCUT2D eigenvalue weighted by Crippen LogP contribution is 2.43. The Balaban J connectivity index is 1.72. The molecular formula is C16H17N. The summed E-state index contributed by atoms with van der Waals surface area (Å²) < 4.78 is 0. The minimum Gasteiger partial charge on any atom is -0.286 e. The molecule has 0 saturated carbocycles. The van der Waals surface area contributed by atoms with Crippen molar-refractivity contribution in [2.24, 2.45) is 0 Å². The van der Waals surface area contributed by atoms with Gasteiger partial charge < -0.3 is 0 Å². The van der Waals surface area contributed by atoms with Crippen molar-refractivity contribution in [2.45, 2.75) is 25.6 Å². The molecule has 0 aromatic heterocycles. The van der Waals surface area contributed by atoms with Crippen LogP contribution in [-0.4, -0.2) is 10.9 Å². The van der Waals surface area contributed by atoms with Crippen molar-refractivity contribution in [3.05, 3.63) is 71.8 Å². The third kappa shape index (κ3) is 2.11. The van der Waals surface area contributed by atoms with Gasteiger partial charge in [-0.3, -0.25) is 4.90 Å². The Morgan fingerprint density at radius 2 is 1.47 bits per heavy atom. The Bertz CT molecular complexity index is 477. The Kier molecular flexibility index (Phi) is 2.69. The van der Waals surface area contributed by atoms with Gasteiger partial charge in [0.25, 0.3) is 0 Å². The maximum absolute atomic E-state index is 2.53. The maximum Gasteiger partial charge on any atom is 0.0508 e. The lowest BCUT2D eigenvalue weighted by atomic mass is 10.1. The molecule has 1 heterocycles. The van der Waals surface area contributed by atoms with Gasteiger partial charge in [0.15, 0.2) is 0 Å². The summed E-state index contributed by atoms with van der Waals surface area (Å²) in [7, 11) is 0. The van der Waals surface area contributed by atoms with Crippen LogP contribution < -0.4 is 0 Å². The van der Waals surface area contributed by atoms with Gasteiger partial charge in [0.05, 0.1) is 6.04 Å². The predicted molar refractivity (Wildman–Crippen MR) is 70.6 cm³/mol. The standard InChI is InChI=1S/C16H17N/c1-13-16(15-10-6-3-7-11-15)17(13)12-14-8-4-2-5-9-14/h2-11,13,16H,12H2,1H3/t13-,16+,17?/m0/s1. The SMILES string of the molecule is C[C@H]1[C@H](c2ccccc2)N1Cc1ccccc1. The largest absolute Gasteiger partial charge is 0.286 e. The quantitative estimate of drug-likeness (QED) is 0.718. The topological polar surface area (TPSA) is 3.01 Å². The first-order chi connectivity index (χ1) is 8.36. The first-order valence-electron chi connectivity index (χ1n) is 6.21. The van der Waals surface area contributed by atoms with E-state index in [0.717, 1.165) is 6.54 Å². The Labute approximate surface area is 103 Å². The number of hydrogen-bond donors (Lipinski definition) is 0. The van der Waals surface area contributed by atoms with Crippen molar-refractivity contribution in [1.29, 1.82) is 0 Å². The van der Waals surface area contributed by atoms with Crippen LogP contribution in [0.1, 0.15) is 24.1 Å². The lowest BCUT2D eigenvalue weighted by molar-refractivity contribution is 0.484. The number of rotatable bonds is 3. The molecule has 0 radical (unpaired) electrons. The predicted octanol–water partition coefficient (Wildman–Crippen LogP) is 3.63. The maximum atomic E-state index is 2.53. The smallest absolute Gasteiger partial charge is 0.0508 e. The third-order valence-corrected chi connectivity index (χ3v) is 3.60. The van der Waals surface area contributed by atoms with Crippen molar-refractivity contribution < 1.29 is 0 Å². The number of hydrogen-bond acceptors (Lipinski definition) is 1. The molecule has 0 N–H and O–H groups in total. The molecule has 0 amide bonds. The average Bonchev–Trinajstić information content (AvgIpc) is 3.02. The fourth-order valence-electron chi connectivity index (χ4n) is 2.57. The van der Waals surface area contributed by atoms with E-state index in [4.69, 9.17) is 0 Å². The van der Waals surface area contributed by atoms with Gasteiger partial charge in [-0.2, -0.15) is 0 Å². The Hall–Kier alpha value is -1.60. The van der Waals surface area contributed by atoms with E-state index in [1.165, 1.54) is 11.1 Å². The van der Waals surface area contributed by atoms with E-state index in [-0.39, 0.29) is 0 Å². The molecule has 1 unspecified atom stereocenters. The summed E-state index contributed by atoms with van der Waals surface area (Å²) in [5, 5.41) is 0. The van der Waals surface area contributed by atoms with Gasteiger partial charge >= 0.3 is 0 Å². The van der Waals surface area contributed by atoms with Crippen molar-refractivity contribution in [1.82, 2.24) is 4.90 Å². The molecule has 0 aliphatic carbocycles. The van der Waals surface area contributed by atoms with Crippen LogP contribution in [0.15, 0.2) is 60.7 Å². The molecule has 3 atom stereocenters. The molecule has 1 nitrogen and oxygen atoms in total. The highest BCUT2D eigenvalue weighted by atomic mass is 15.3. The molecule has 0 spiro atoms. The first-order valence-corrected chi connectivity index (χ1v) is 6.21. The van der Waals surface area contributed by atoms with E-state index >= 15 is 0 Å². The lowest BCUT2D eigenvalue weighted by Crippen LogP contribution is -2.00. The zero-order valence-corrected chi connectivity index (χ0v) is 10.1. The molecule has 3 rings (SSSR count). The monoisotopic (exact) mass is 223 g/mol. The van der Waals surface area contributed by atoms with Crippen LogP contribution in [0, 0.1) is 0 Å². The van der Waals surface area contributed by atoms with Gasteiger partial charge in [0, 0.05) is 12.6 Å². The molecule has 1 heteroatoms. The highest BCUT2D eigenvalue weighted by molar-refractivity contribution is 5.27. The molecule has 1 aliphatic rings. The van der Waals surface area contributed by atoms with Gasteiger partial charge in [-0.15, -0.1) is 0 Å². The van der Waals surface area contributed by atoms with E-state index < -0.39 is 0 Å². The van der Waals surface area contributed by atoms with Crippen molar-refractivity contribution in [3.63, 3.8) is 0 Å². The molecule has 86 valence electrons. The minimum absolute atomic E-state index is 0.608. The van der Waals surface area contributed by atoms with Crippen LogP contribution in [0.3, 0.4) is 0 Å². The minimum atomic E-state index is 0.608. The molecular weight excluding hydrogens is 206 g/mol. The third-order valence-electron chi connectivity index (χ3n) is 3.60. The second kappa shape index (κ2) is 4.34. The molecule has 1 aliphatic heterocycles. The molecule has 2 aromatic rings. The number of benzene rings is 2. The molecule has 1 saturated heterocycles. The van der Waals surface area contributed by atoms with Crippen molar-refractivity contribution in [3.8, 4) is 0 Å². The molecule has 17 heavy (non-hydrogen) atoms. The summed E-state index contributed by atoms with van der Waals surface area (Å²) in [6.45, 7) is 3.36. The van der Waals surface area contributed by atoms with E-state index in [9.17, 15) is 0 Å². The van der Waals surface area contributed by atoms with Gasteiger partial charge in [-0.05, 0) is 18.1 Å². The van der Waals surface area contributed by atoms with Crippen molar-refractivity contribution >= 4 is 0 Å². The van der Waals surface area contributed by atoms with E-state index in [1.807, 2.05) is 0 Å². The van der Waals surface area contributed by atoms with Crippen LogP contribution >= 0.6 is 0 Å². The Morgan fingerprint density at radius 1 is 0.882 bits per heavy atom. The lowest BCUT2D eigenvalue weighted by Gasteiger charge is -2.04. The summed E-state index contributed by atoms with van der Waals surface area (Å²) in [6, 6.07) is 22.8. The summed E-state index contributed by atoms with van der Waals surface area (Å²) >= 11 is 0. The zero-order valence-electron chi connectivity index (χ0n) is 10.1. The first kappa shape index (κ1) is 10.5.